The minimum atomic E-state index is -0.265. The van der Waals surface area contributed by atoms with Gasteiger partial charge in [0, 0.05) is 17.8 Å². The summed E-state index contributed by atoms with van der Waals surface area (Å²) in [7, 11) is 0. The Morgan fingerprint density at radius 2 is 2.00 bits per heavy atom. The number of ether oxygens (including phenoxy) is 2. The van der Waals surface area contributed by atoms with Gasteiger partial charge < -0.3 is 9.47 Å². The van der Waals surface area contributed by atoms with Gasteiger partial charge in [-0.3, -0.25) is 0 Å². The second-order valence-electron chi connectivity index (χ2n) is 5.85. The van der Waals surface area contributed by atoms with Crippen molar-refractivity contribution >= 4 is 11.6 Å². The lowest BCUT2D eigenvalue weighted by Crippen LogP contribution is -2.16. The molecule has 25 heavy (non-hydrogen) atoms. The van der Waals surface area contributed by atoms with Gasteiger partial charge in [-0.15, -0.1) is 0 Å². The van der Waals surface area contributed by atoms with Crippen LogP contribution in [-0.2, 0) is 6.42 Å². The highest BCUT2D eigenvalue weighted by Gasteiger charge is 2.24. The quantitative estimate of drug-likeness (QED) is 0.601. The third-order valence-electron chi connectivity index (χ3n) is 4.15. The number of rotatable bonds is 3. The van der Waals surface area contributed by atoms with Crippen LogP contribution in [0.25, 0.3) is 0 Å². The van der Waals surface area contributed by atoms with Crippen molar-refractivity contribution in [3.63, 3.8) is 0 Å². The van der Waals surface area contributed by atoms with Crippen LogP contribution in [0.5, 0.6) is 17.4 Å². The van der Waals surface area contributed by atoms with Crippen molar-refractivity contribution in [1.29, 1.82) is 0 Å². The van der Waals surface area contributed by atoms with E-state index in [-0.39, 0.29) is 11.9 Å². The van der Waals surface area contributed by atoms with Gasteiger partial charge in [0.25, 0.3) is 0 Å². The van der Waals surface area contributed by atoms with E-state index in [9.17, 15) is 4.39 Å². The van der Waals surface area contributed by atoms with E-state index in [0.29, 0.717) is 22.2 Å². The van der Waals surface area contributed by atoms with Gasteiger partial charge in [0.2, 0.25) is 5.88 Å². The van der Waals surface area contributed by atoms with Crippen LogP contribution in [0.2, 0.25) is 5.02 Å². The molecule has 3 nitrogen and oxygen atoms in total. The normalized spacial score (nSPS) is 16.0. The standard InChI is InChI=1S/C20H15ClFNO2/c21-14-6-10-20(23-12-14)24-15-7-9-18-13(11-15)5-8-19(25-18)16-3-1-2-4-17(16)22/h1-4,6-7,9-12,19H,5,8H2. The molecule has 0 radical (unpaired) electrons. The molecule has 1 aromatic heterocycles. The fourth-order valence-electron chi connectivity index (χ4n) is 2.93. The summed E-state index contributed by atoms with van der Waals surface area (Å²) in [5.41, 5.74) is 1.64. The second kappa shape index (κ2) is 6.73. The van der Waals surface area contributed by atoms with Crippen LogP contribution in [0.4, 0.5) is 4.39 Å². The number of hydrogen-bond acceptors (Lipinski definition) is 3. The fraction of sp³-hybridized carbons (Fsp3) is 0.150. The average Bonchev–Trinajstić information content (AvgIpc) is 2.64. The number of benzene rings is 2. The SMILES string of the molecule is Fc1ccccc1C1CCc2cc(Oc3ccc(Cl)cn3)ccc2O1. The molecule has 0 aliphatic carbocycles. The summed E-state index contributed by atoms with van der Waals surface area (Å²) in [4.78, 5) is 4.12. The van der Waals surface area contributed by atoms with Crippen LogP contribution in [0.3, 0.4) is 0 Å². The summed E-state index contributed by atoms with van der Waals surface area (Å²) in [6.45, 7) is 0. The molecule has 1 aliphatic heterocycles. The monoisotopic (exact) mass is 355 g/mol. The molecule has 0 saturated carbocycles. The molecule has 1 unspecified atom stereocenters. The maximum atomic E-state index is 14.0. The fourth-order valence-corrected chi connectivity index (χ4v) is 3.04. The summed E-state index contributed by atoms with van der Waals surface area (Å²) in [5.74, 6) is 1.69. The van der Waals surface area contributed by atoms with Crippen molar-refractivity contribution in [2.45, 2.75) is 18.9 Å². The lowest BCUT2D eigenvalue weighted by molar-refractivity contribution is 0.172. The molecule has 0 saturated heterocycles. The van der Waals surface area contributed by atoms with Crippen molar-refractivity contribution < 1.29 is 13.9 Å². The van der Waals surface area contributed by atoms with E-state index < -0.39 is 0 Å². The predicted octanol–water partition coefficient (Wildman–Crippen LogP) is 5.73. The topological polar surface area (TPSA) is 31.4 Å². The Morgan fingerprint density at radius 3 is 2.80 bits per heavy atom. The Kier molecular flexibility index (Phi) is 4.28. The molecule has 126 valence electrons. The Balaban J connectivity index is 1.53. The molecular formula is C20H15ClFNO2. The van der Waals surface area contributed by atoms with E-state index in [1.807, 2.05) is 24.3 Å². The van der Waals surface area contributed by atoms with E-state index in [0.717, 1.165) is 24.2 Å². The Hall–Kier alpha value is -2.59. The third kappa shape index (κ3) is 3.44. The van der Waals surface area contributed by atoms with Crippen LogP contribution in [-0.4, -0.2) is 4.98 Å². The number of halogens is 2. The number of nitrogens with zero attached hydrogens (tertiary/aromatic N) is 1. The molecule has 0 spiro atoms. The number of fused-ring (bicyclic) bond motifs is 1. The number of pyridine rings is 1. The maximum Gasteiger partial charge on any atom is 0.219 e. The molecule has 1 aliphatic rings. The first kappa shape index (κ1) is 15.9. The summed E-state index contributed by atoms with van der Waals surface area (Å²) in [6.07, 6.45) is 2.78. The van der Waals surface area contributed by atoms with E-state index >= 15 is 0 Å². The molecule has 0 fully saturated rings. The highest BCUT2D eigenvalue weighted by Crippen LogP contribution is 2.38. The second-order valence-corrected chi connectivity index (χ2v) is 6.29. The Labute approximate surface area is 150 Å². The zero-order chi connectivity index (χ0) is 17.2. The van der Waals surface area contributed by atoms with Crippen LogP contribution in [0.1, 0.15) is 23.7 Å². The molecule has 3 aromatic rings. The average molecular weight is 356 g/mol. The first-order valence-electron chi connectivity index (χ1n) is 8.02. The lowest BCUT2D eigenvalue weighted by Gasteiger charge is -2.27. The van der Waals surface area contributed by atoms with Crippen molar-refractivity contribution in [2.75, 3.05) is 0 Å². The summed E-state index contributed by atoms with van der Waals surface area (Å²) >= 11 is 5.82. The summed E-state index contributed by atoms with van der Waals surface area (Å²) in [6, 6.07) is 15.8. The van der Waals surface area contributed by atoms with Crippen molar-refractivity contribution in [2.24, 2.45) is 0 Å². The van der Waals surface area contributed by atoms with Gasteiger partial charge in [0.05, 0.1) is 5.02 Å². The van der Waals surface area contributed by atoms with E-state index in [4.69, 9.17) is 21.1 Å². The zero-order valence-electron chi connectivity index (χ0n) is 13.3. The number of aromatic nitrogens is 1. The molecule has 0 amide bonds. The van der Waals surface area contributed by atoms with Crippen LogP contribution in [0, 0.1) is 5.82 Å². The molecule has 4 rings (SSSR count). The van der Waals surface area contributed by atoms with Gasteiger partial charge >= 0.3 is 0 Å². The van der Waals surface area contributed by atoms with E-state index in [1.165, 1.54) is 12.3 Å². The highest BCUT2D eigenvalue weighted by atomic mass is 35.5. The highest BCUT2D eigenvalue weighted by molar-refractivity contribution is 6.30. The molecule has 2 heterocycles. The van der Waals surface area contributed by atoms with Crippen molar-refractivity contribution in [1.82, 2.24) is 4.98 Å². The first-order chi connectivity index (χ1) is 12.2. The van der Waals surface area contributed by atoms with Gasteiger partial charge in [-0.2, -0.15) is 0 Å². The minimum absolute atomic E-state index is 0.232. The zero-order valence-corrected chi connectivity index (χ0v) is 14.0. The number of hydrogen-bond donors (Lipinski definition) is 0. The summed E-state index contributed by atoms with van der Waals surface area (Å²) < 4.78 is 25.7. The van der Waals surface area contributed by atoms with Gasteiger partial charge in [-0.05, 0) is 48.7 Å². The lowest BCUT2D eigenvalue weighted by atomic mass is 9.97. The molecule has 0 N–H and O–H groups in total. The van der Waals surface area contributed by atoms with E-state index in [1.54, 1.807) is 24.3 Å². The van der Waals surface area contributed by atoms with Gasteiger partial charge in [-0.1, -0.05) is 29.8 Å². The molecular weight excluding hydrogens is 341 g/mol. The number of aryl methyl sites for hydroxylation is 1. The van der Waals surface area contributed by atoms with Crippen LogP contribution in [0.15, 0.2) is 60.8 Å². The molecule has 2 aromatic carbocycles. The van der Waals surface area contributed by atoms with Crippen LogP contribution >= 0.6 is 11.6 Å². The first-order valence-corrected chi connectivity index (χ1v) is 8.40. The predicted molar refractivity (Wildman–Crippen MR) is 93.9 cm³/mol. The molecule has 1 atom stereocenters. The van der Waals surface area contributed by atoms with Crippen molar-refractivity contribution in [3.8, 4) is 17.4 Å². The Morgan fingerprint density at radius 1 is 1.12 bits per heavy atom. The molecule has 5 heteroatoms. The third-order valence-corrected chi connectivity index (χ3v) is 4.38. The maximum absolute atomic E-state index is 14.0. The van der Waals surface area contributed by atoms with E-state index in [2.05, 4.69) is 4.98 Å². The van der Waals surface area contributed by atoms with Crippen LogP contribution < -0.4 is 9.47 Å². The van der Waals surface area contributed by atoms with Gasteiger partial charge in [0.15, 0.2) is 0 Å². The van der Waals surface area contributed by atoms with Gasteiger partial charge in [-0.25, -0.2) is 9.37 Å². The smallest absolute Gasteiger partial charge is 0.219 e. The summed E-state index contributed by atoms with van der Waals surface area (Å²) in [5, 5.41) is 0.561. The Bertz CT molecular complexity index is 898. The largest absolute Gasteiger partial charge is 0.485 e. The minimum Gasteiger partial charge on any atom is -0.485 e. The van der Waals surface area contributed by atoms with Gasteiger partial charge in [0.1, 0.15) is 23.4 Å². The molecule has 0 bridgehead atoms. The van der Waals surface area contributed by atoms with Crippen molar-refractivity contribution in [3.05, 3.63) is 82.8 Å².